The van der Waals surface area contributed by atoms with E-state index in [1.807, 2.05) is 0 Å². The van der Waals surface area contributed by atoms with E-state index in [0.717, 1.165) is 0 Å². The summed E-state index contributed by atoms with van der Waals surface area (Å²) >= 11 is 0. The number of rotatable bonds is 10. The second kappa shape index (κ2) is 10.3. The van der Waals surface area contributed by atoms with Crippen molar-refractivity contribution < 1.29 is 33.3 Å². The molecular formula is C20H28O7. The number of carbonyl (C=O) groups is 2. The summed E-state index contributed by atoms with van der Waals surface area (Å²) in [4.78, 5) is 22.6. The lowest BCUT2D eigenvalue weighted by Gasteiger charge is -2.35. The first kappa shape index (κ1) is 22.9. The lowest BCUT2D eigenvalue weighted by Crippen LogP contribution is -2.46. The predicted octanol–water partition coefficient (Wildman–Crippen LogP) is 2.50. The highest BCUT2D eigenvalue weighted by molar-refractivity contribution is 5.68. The molecule has 0 radical (unpaired) electrons. The molecule has 0 unspecified atom stereocenters. The Morgan fingerprint density at radius 2 is 2.00 bits per heavy atom. The molecule has 1 aliphatic heterocycles. The Morgan fingerprint density at radius 3 is 2.44 bits per heavy atom. The van der Waals surface area contributed by atoms with E-state index in [2.05, 4.69) is 12.5 Å². The van der Waals surface area contributed by atoms with Crippen molar-refractivity contribution in [2.24, 2.45) is 0 Å². The minimum absolute atomic E-state index is 0.237. The fourth-order valence-corrected chi connectivity index (χ4v) is 2.65. The molecule has 1 fully saturated rings. The average molecular weight is 380 g/mol. The zero-order valence-corrected chi connectivity index (χ0v) is 16.4. The Morgan fingerprint density at radius 1 is 1.37 bits per heavy atom. The third kappa shape index (κ3) is 7.55. The third-order valence-corrected chi connectivity index (χ3v) is 3.78. The van der Waals surface area contributed by atoms with Gasteiger partial charge in [0.1, 0.15) is 11.7 Å². The molecule has 2 atom stereocenters. The van der Waals surface area contributed by atoms with Gasteiger partial charge in [0.2, 0.25) is 0 Å². The molecule has 0 amide bonds. The van der Waals surface area contributed by atoms with Crippen molar-refractivity contribution in [3.8, 4) is 12.3 Å². The van der Waals surface area contributed by atoms with Crippen LogP contribution in [0.1, 0.15) is 40.5 Å². The van der Waals surface area contributed by atoms with Gasteiger partial charge in [-0.25, -0.2) is 0 Å². The van der Waals surface area contributed by atoms with E-state index in [1.54, 1.807) is 26.0 Å². The Kier molecular flexibility index (Phi) is 8.70. The summed E-state index contributed by atoms with van der Waals surface area (Å²) in [6.07, 6.45) is 9.32. The van der Waals surface area contributed by atoms with Gasteiger partial charge in [-0.1, -0.05) is 6.08 Å². The Hall–Kier alpha value is -2.14. The van der Waals surface area contributed by atoms with Crippen LogP contribution < -0.4 is 0 Å². The highest BCUT2D eigenvalue weighted by Crippen LogP contribution is 2.35. The molecule has 150 valence electrons. The van der Waals surface area contributed by atoms with Crippen molar-refractivity contribution in [3.05, 3.63) is 24.8 Å². The Balaban J connectivity index is 3.18. The molecular weight excluding hydrogens is 352 g/mol. The zero-order chi connectivity index (χ0) is 20.5. The van der Waals surface area contributed by atoms with E-state index < -0.39 is 35.7 Å². The number of hydrogen-bond donors (Lipinski definition) is 0. The average Bonchev–Trinajstić information content (AvgIpc) is 2.94. The van der Waals surface area contributed by atoms with Crippen molar-refractivity contribution in [3.63, 3.8) is 0 Å². The van der Waals surface area contributed by atoms with Crippen LogP contribution in [0.3, 0.4) is 0 Å². The van der Waals surface area contributed by atoms with Gasteiger partial charge < -0.3 is 23.7 Å². The highest BCUT2D eigenvalue weighted by Gasteiger charge is 2.46. The third-order valence-electron chi connectivity index (χ3n) is 3.78. The molecule has 0 aromatic heterocycles. The van der Waals surface area contributed by atoms with Crippen LogP contribution in [-0.4, -0.2) is 48.9 Å². The van der Waals surface area contributed by atoms with Gasteiger partial charge in [-0.2, -0.15) is 0 Å². The van der Waals surface area contributed by atoms with E-state index >= 15 is 0 Å². The SMILES string of the molecule is C#CCC[C@@](/C=C/C(OC(C)=O)OC(C)=O)(OCC=C)[C@@H]1COC(C)(C)O1. The van der Waals surface area contributed by atoms with E-state index in [-0.39, 0.29) is 13.2 Å². The number of ether oxygens (including phenoxy) is 5. The Labute approximate surface area is 160 Å². The minimum atomic E-state index is -1.19. The summed E-state index contributed by atoms with van der Waals surface area (Å²) in [5.41, 5.74) is -0.979. The molecule has 0 spiro atoms. The summed E-state index contributed by atoms with van der Waals surface area (Å²) in [5.74, 6) is 0.635. The van der Waals surface area contributed by atoms with E-state index in [1.165, 1.54) is 19.9 Å². The van der Waals surface area contributed by atoms with Gasteiger partial charge in [0.05, 0.1) is 13.2 Å². The van der Waals surface area contributed by atoms with Crippen LogP contribution in [0.15, 0.2) is 24.8 Å². The maximum atomic E-state index is 11.3. The normalized spacial score (nSPS) is 20.8. The number of hydrogen-bond acceptors (Lipinski definition) is 7. The number of carbonyl (C=O) groups excluding carboxylic acids is 2. The summed E-state index contributed by atoms with van der Waals surface area (Å²) in [7, 11) is 0. The first-order valence-corrected chi connectivity index (χ1v) is 8.68. The smallest absolute Gasteiger partial charge is 0.305 e. The van der Waals surface area contributed by atoms with Crippen LogP contribution in [0.25, 0.3) is 0 Å². The second-order valence-corrected chi connectivity index (χ2v) is 6.52. The van der Waals surface area contributed by atoms with E-state index in [0.29, 0.717) is 12.8 Å². The fourth-order valence-electron chi connectivity index (χ4n) is 2.65. The van der Waals surface area contributed by atoms with Crippen LogP contribution in [0.2, 0.25) is 0 Å². The topological polar surface area (TPSA) is 80.3 Å². The van der Waals surface area contributed by atoms with E-state index in [9.17, 15) is 9.59 Å². The molecule has 0 N–H and O–H groups in total. The fraction of sp³-hybridized carbons (Fsp3) is 0.600. The first-order chi connectivity index (χ1) is 12.6. The molecule has 7 nitrogen and oxygen atoms in total. The van der Waals surface area contributed by atoms with Gasteiger partial charge in [0.15, 0.2) is 5.79 Å². The van der Waals surface area contributed by atoms with Crippen LogP contribution in [0, 0.1) is 12.3 Å². The number of esters is 2. The van der Waals surface area contributed by atoms with Gasteiger partial charge in [0, 0.05) is 20.3 Å². The second-order valence-electron chi connectivity index (χ2n) is 6.52. The summed E-state index contributed by atoms with van der Waals surface area (Å²) in [6, 6.07) is 0. The Bertz CT molecular complexity index is 586. The molecule has 27 heavy (non-hydrogen) atoms. The molecule has 0 aromatic rings. The maximum Gasteiger partial charge on any atom is 0.305 e. The van der Waals surface area contributed by atoms with Crippen molar-refractivity contribution in [2.45, 2.75) is 64.3 Å². The van der Waals surface area contributed by atoms with Crippen LogP contribution in [0.5, 0.6) is 0 Å². The lowest BCUT2D eigenvalue weighted by atomic mass is 9.90. The monoisotopic (exact) mass is 380 g/mol. The van der Waals surface area contributed by atoms with Crippen LogP contribution in [-0.2, 0) is 33.3 Å². The highest BCUT2D eigenvalue weighted by atomic mass is 16.8. The van der Waals surface area contributed by atoms with Crippen molar-refractivity contribution >= 4 is 11.9 Å². The van der Waals surface area contributed by atoms with Gasteiger partial charge in [-0.15, -0.1) is 18.9 Å². The van der Waals surface area contributed by atoms with Crippen molar-refractivity contribution in [1.29, 1.82) is 0 Å². The van der Waals surface area contributed by atoms with Crippen molar-refractivity contribution in [1.82, 2.24) is 0 Å². The number of terminal acetylenes is 1. The van der Waals surface area contributed by atoms with Crippen molar-refractivity contribution in [2.75, 3.05) is 13.2 Å². The summed E-state index contributed by atoms with van der Waals surface area (Å²) in [5, 5.41) is 0. The van der Waals surface area contributed by atoms with Gasteiger partial charge in [-0.3, -0.25) is 9.59 Å². The molecule has 1 aliphatic rings. The molecule has 1 rings (SSSR count). The van der Waals surface area contributed by atoms with Gasteiger partial charge in [-0.05, 0) is 32.4 Å². The summed E-state index contributed by atoms with van der Waals surface area (Å²) in [6.45, 7) is 10.2. The molecule has 0 bridgehead atoms. The summed E-state index contributed by atoms with van der Waals surface area (Å²) < 4.78 is 27.7. The molecule has 7 heteroatoms. The molecule has 0 aromatic carbocycles. The first-order valence-electron chi connectivity index (χ1n) is 8.68. The predicted molar refractivity (Wildman–Crippen MR) is 98.3 cm³/mol. The molecule has 1 saturated heterocycles. The quantitative estimate of drug-likeness (QED) is 0.249. The largest absolute Gasteiger partial charge is 0.421 e. The minimum Gasteiger partial charge on any atom is -0.421 e. The standard InChI is InChI=1S/C20H28O7/c1-7-9-11-20(23-13-8-2,17-14-24-19(5,6)27-17)12-10-18(25-15(3)21)26-16(4)22/h1,8,10,12,17-18H,2,9,11,13-14H2,3-6H3/b12-10+/t17-,20-/m0/s1. The molecule has 1 heterocycles. The van der Waals surface area contributed by atoms with Gasteiger partial charge in [0.25, 0.3) is 6.29 Å². The van der Waals surface area contributed by atoms with Crippen LogP contribution in [0.4, 0.5) is 0 Å². The molecule has 0 saturated carbocycles. The van der Waals surface area contributed by atoms with Gasteiger partial charge >= 0.3 is 11.9 Å². The maximum absolute atomic E-state index is 11.3. The zero-order valence-electron chi connectivity index (χ0n) is 16.4. The van der Waals surface area contributed by atoms with Crippen LogP contribution >= 0.6 is 0 Å². The lowest BCUT2D eigenvalue weighted by molar-refractivity contribution is -0.177. The van der Waals surface area contributed by atoms with E-state index in [4.69, 9.17) is 30.1 Å². The molecule has 0 aliphatic carbocycles.